The van der Waals surface area contributed by atoms with Gasteiger partial charge in [-0.1, -0.05) is 0 Å². The van der Waals surface area contributed by atoms with E-state index < -0.39 is 22.1 Å². The maximum Gasteiger partial charge on any atom is 0.152 e. The molecule has 3 nitrogen and oxygen atoms in total. The van der Waals surface area contributed by atoms with Gasteiger partial charge < -0.3 is 5.32 Å². The average molecular weight is 195 g/mol. The van der Waals surface area contributed by atoms with E-state index in [-0.39, 0.29) is 18.1 Å². The standard InChI is InChI=1S/C7H14FNO2S/c1-7(9-4-3-8)2-5-12(10,11)6-7/h9H,2-6H2,1H3. The van der Waals surface area contributed by atoms with Gasteiger partial charge in [0.25, 0.3) is 0 Å². The van der Waals surface area contributed by atoms with E-state index in [2.05, 4.69) is 5.32 Å². The number of hydrogen-bond acceptors (Lipinski definition) is 3. The molecule has 0 aromatic carbocycles. The first-order chi connectivity index (χ1) is 5.47. The first kappa shape index (κ1) is 9.92. The van der Waals surface area contributed by atoms with Crippen molar-refractivity contribution in [2.45, 2.75) is 18.9 Å². The Morgan fingerprint density at radius 3 is 2.67 bits per heavy atom. The fourth-order valence-corrected chi connectivity index (χ4v) is 3.62. The molecule has 12 heavy (non-hydrogen) atoms. The van der Waals surface area contributed by atoms with Crippen LogP contribution in [0.15, 0.2) is 0 Å². The van der Waals surface area contributed by atoms with Crippen LogP contribution in [0.3, 0.4) is 0 Å². The van der Waals surface area contributed by atoms with Crippen LogP contribution in [0.4, 0.5) is 4.39 Å². The summed E-state index contributed by atoms with van der Waals surface area (Å²) in [5, 5.41) is 2.91. The first-order valence-corrected chi connectivity index (χ1v) is 5.81. The van der Waals surface area contributed by atoms with Crippen molar-refractivity contribution in [2.24, 2.45) is 0 Å². The van der Waals surface area contributed by atoms with Gasteiger partial charge in [-0.25, -0.2) is 12.8 Å². The number of nitrogens with one attached hydrogen (secondary N) is 1. The molecule has 1 unspecified atom stereocenters. The summed E-state index contributed by atoms with van der Waals surface area (Å²) in [6.45, 7) is 1.62. The fourth-order valence-electron chi connectivity index (χ4n) is 1.50. The lowest BCUT2D eigenvalue weighted by Crippen LogP contribution is -2.44. The summed E-state index contributed by atoms with van der Waals surface area (Å²) in [4.78, 5) is 0. The van der Waals surface area contributed by atoms with Gasteiger partial charge in [0.1, 0.15) is 6.67 Å². The van der Waals surface area contributed by atoms with Crippen LogP contribution in [0.5, 0.6) is 0 Å². The Hall–Kier alpha value is -0.160. The van der Waals surface area contributed by atoms with Crippen LogP contribution >= 0.6 is 0 Å². The highest BCUT2D eigenvalue weighted by atomic mass is 32.2. The van der Waals surface area contributed by atoms with E-state index in [1.165, 1.54) is 0 Å². The summed E-state index contributed by atoms with van der Waals surface area (Å²) in [5.41, 5.74) is -0.398. The summed E-state index contributed by atoms with van der Waals surface area (Å²) < 4.78 is 33.9. The molecular weight excluding hydrogens is 181 g/mol. The Bertz CT molecular complexity index is 252. The number of rotatable bonds is 3. The van der Waals surface area contributed by atoms with Crippen molar-refractivity contribution < 1.29 is 12.8 Å². The summed E-state index contributed by atoms with van der Waals surface area (Å²) in [5.74, 6) is 0.364. The van der Waals surface area contributed by atoms with Crippen molar-refractivity contribution in [1.82, 2.24) is 5.32 Å². The maximum absolute atomic E-state index is 11.8. The fraction of sp³-hybridized carbons (Fsp3) is 1.00. The van der Waals surface area contributed by atoms with Crippen LogP contribution < -0.4 is 5.32 Å². The van der Waals surface area contributed by atoms with Gasteiger partial charge in [-0.15, -0.1) is 0 Å². The van der Waals surface area contributed by atoms with Crippen molar-refractivity contribution >= 4 is 9.84 Å². The van der Waals surface area contributed by atoms with Gasteiger partial charge in [0, 0.05) is 12.1 Å². The molecule has 1 aliphatic heterocycles. The molecule has 1 fully saturated rings. The molecule has 1 atom stereocenters. The molecule has 0 aliphatic carbocycles. The first-order valence-electron chi connectivity index (χ1n) is 3.99. The third-order valence-electron chi connectivity index (χ3n) is 2.15. The molecule has 1 aliphatic rings. The molecule has 0 spiro atoms. The highest BCUT2D eigenvalue weighted by Gasteiger charge is 2.37. The van der Waals surface area contributed by atoms with E-state index in [9.17, 15) is 12.8 Å². The molecule has 0 aromatic heterocycles. The highest BCUT2D eigenvalue weighted by molar-refractivity contribution is 7.91. The number of halogens is 1. The summed E-state index contributed by atoms with van der Waals surface area (Å²) in [7, 11) is -2.87. The Labute approximate surface area is 72.3 Å². The molecule has 0 aromatic rings. The molecule has 1 saturated heterocycles. The van der Waals surface area contributed by atoms with Gasteiger partial charge in [-0.2, -0.15) is 0 Å². The van der Waals surface area contributed by atoms with Crippen molar-refractivity contribution in [1.29, 1.82) is 0 Å². The monoisotopic (exact) mass is 195 g/mol. The van der Waals surface area contributed by atoms with Gasteiger partial charge in [0.2, 0.25) is 0 Å². The molecule has 0 radical (unpaired) electrons. The molecule has 0 amide bonds. The second-order valence-corrected chi connectivity index (χ2v) is 5.70. The van der Waals surface area contributed by atoms with Crippen molar-refractivity contribution in [3.8, 4) is 0 Å². The van der Waals surface area contributed by atoms with Crippen molar-refractivity contribution in [2.75, 3.05) is 24.7 Å². The Kier molecular flexibility index (Phi) is 2.73. The molecular formula is C7H14FNO2S. The zero-order chi connectivity index (χ0) is 9.24. The van der Waals surface area contributed by atoms with E-state index in [1.807, 2.05) is 6.92 Å². The summed E-state index contributed by atoms with van der Waals surface area (Å²) in [6.07, 6.45) is 0.593. The second kappa shape index (κ2) is 3.30. The van der Waals surface area contributed by atoms with E-state index in [1.54, 1.807) is 0 Å². The number of hydrogen-bond donors (Lipinski definition) is 1. The zero-order valence-electron chi connectivity index (χ0n) is 7.14. The minimum atomic E-state index is -2.87. The third kappa shape index (κ3) is 2.42. The molecule has 0 saturated carbocycles. The summed E-state index contributed by atoms with van der Waals surface area (Å²) >= 11 is 0. The smallest absolute Gasteiger partial charge is 0.152 e. The highest BCUT2D eigenvalue weighted by Crippen LogP contribution is 2.22. The second-order valence-electron chi connectivity index (χ2n) is 3.52. The summed E-state index contributed by atoms with van der Waals surface area (Å²) in [6, 6.07) is 0. The topological polar surface area (TPSA) is 46.2 Å². The van der Waals surface area contributed by atoms with Gasteiger partial charge in [0.15, 0.2) is 9.84 Å². The normalized spacial score (nSPS) is 33.8. The lowest BCUT2D eigenvalue weighted by molar-refractivity contribution is 0.363. The molecule has 5 heteroatoms. The molecule has 1 N–H and O–H groups in total. The maximum atomic E-state index is 11.8. The molecule has 1 heterocycles. The van der Waals surface area contributed by atoms with E-state index in [0.717, 1.165) is 0 Å². The molecule has 0 bridgehead atoms. The Balaban J connectivity index is 2.53. The lowest BCUT2D eigenvalue weighted by atomic mass is 10.0. The quantitative estimate of drug-likeness (QED) is 0.696. The number of alkyl halides is 1. The SMILES string of the molecule is CC1(NCCF)CCS(=O)(=O)C1. The van der Waals surface area contributed by atoms with Crippen molar-refractivity contribution in [3.63, 3.8) is 0 Å². The predicted octanol–water partition coefficient (Wildman–Crippen LogP) is 0.123. The minimum absolute atomic E-state index is 0.139. The Morgan fingerprint density at radius 2 is 2.25 bits per heavy atom. The van der Waals surface area contributed by atoms with Crippen molar-refractivity contribution in [3.05, 3.63) is 0 Å². The largest absolute Gasteiger partial charge is 0.308 e. The van der Waals surface area contributed by atoms with E-state index >= 15 is 0 Å². The van der Waals surface area contributed by atoms with Gasteiger partial charge in [0.05, 0.1) is 11.5 Å². The molecule has 72 valence electrons. The van der Waals surface area contributed by atoms with Crippen LogP contribution in [0.25, 0.3) is 0 Å². The molecule has 1 rings (SSSR count). The minimum Gasteiger partial charge on any atom is -0.308 e. The van der Waals surface area contributed by atoms with E-state index in [0.29, 0.717) is 6.42 Å². The number of sulfone groups is 1. The van der Waals surface area contributed by atoms with Crippen LogP contribution in [0.2, 0.25) is 0 Å². The van der Waals surface area contributed by atoms with Crippen LogP contribution in [-0.2, 0) is 9.84 Å². The third-order valence-corrected chi connectivity index (χ3v) is 4.05. The van der Waals surface area contributed by atoms with E-state index in [4.69, 9.17) is 0 Å². The van der Waals surface area contributed by atoms with Crippen LogP contribution in [0, 0.1) is 0 Å². The zero-order valence-corrected chi connectivity index (χ0v) is 7.95. The Morgan fingerprint density at radius 1 is 1.58 bits per heavy atom. The average Bonchev–Trinajstić information content (AvgIpc) is 2.23. The predicted molar refractivity (Wildman–Crippen MR) is 45.7 cm³/mol. The lowest BCUT2D eigenvalue weighted by Gasteiger charge is -2.22. The van der Waals surface area contributed by atoms with Gasteiger partial charge in [-0.3, -0.25) is 0 Å². The van der Waals surface area contributed by atoms with Crippen LogP contribution in [-0.4, -0.2) is 38.7 Å². The van der Waals surface area contributed by atoms with Gasteiger partial charge >= 0.3 is 0 Å². The van der Waals surface area contributed by atoms with Crippen LogP contribution in [0.1, 0.15) is 13.3 Å². The van der Waals surface area contributed by atoms with Gasteiger partial charge in [-0.05, 0) is 13.3 Å².